The van der Waals surface area contributed by atoms with E-state index in [0.717, 1.165) is 28.5 Å². The lowest BCUT2D eigenvalue weighted by Crippen LogP contribution is -1.96. The smallest absolute Gasteiger partial charge is 0.179 e. The van der Waals surface area contributed by atoms with Crippen molar-refractivity contribution in [3.8, 4) is 10.7 Å². The van der Waals surface area contributed by atoms with Gasteiger partial charge in [0.1, 0.15) is 11.5 Å². The van der Waals surface area contributed by atoms with Gasteiger partial charge in [0.2, 0.25) is 0 Å². The maximum atomic E-state index is 5.86. The Morgan fingerprint density at radius 2 is 2.21 bits per heavy atom. The Morgan fingerprint density at radius 1 is 1.26 bits per heavy atom. The molecule has 1 aliphatic heterocycles. The van der Waals surface area contributed by atoms with Crippen LogP contribution in [0.1, 0.15) is 10.4 Å². The average molecular weight is 309 g/mol. The summed E-state index contributed by atoms with van der Waals surface area (Å²) >= 11 is 9.67. The lowest BCUT2D eigenvalue weighted by molar-refractivity contribution is 1.08. The summed E-state index contributed by atoms with van der Waals surface area (Å²) in [5.74, 6) is 3.17. The van der Waals surface area contributed by atoms with E-state index >= 15 is 0 Å². The summed E-state index contributed by atoms with van der Waals surface area (Å²) in [6, 6.07) is 3.96. The molecule has 0 aliphatic carbocycles. The number of fused-ring (bicyclic) bond motifs is 2. The van der Waals surface area contributed by atoms with Gasteiger partial charge in [0.25, 0.3) is 0 Å². The summed E-state index contributed by atoms with van der Waals surface area (Å²) in [4.78, 5) is 6.73. The molecule has 0 bridgehead atoms. The van der Waals surface area contributed by atoms with Gasteiger partial charge in [-0.25, -0.2) is 4.98 Å². The second-order valence-electron chi connectivity index (χ2n) is 4.33. The van der Waals surface area contributed by atoms with Crippen molar-refractivity contribution < 1.29 is 0 Å². The summed E-state index contributed by atoms with van der Waals surface area (Å²) in [7, 11) is 0. The van der Waals surface area contributed by atoms with Crippen LogP contribution in [0, 0.1) is 0 Å². The molecule has 0 radical (unpaired) electrons. The summed E-state index contributed by atoms with van der Waals surface area (Å²) in [6.07, 6.45) is 2.84. The molecule has 19 heavy (non-hydrogen) atoms. The largest absolute Gasteiger partial charge is 0.264 e. The molecule has 0 fully saturated rings. The first-order valence-corrected chi connectivity index (χ1v) is 8.22. The van der Waals surface area contributed by atoms with Gasteiger partial charge in [-0.15, -0.1) is 21.5 Å². The fourth-order valence-corrected chi connectivity index (χ4v) is 4.69. The first-order chi connectivity index (χ1) is 9.31. The monoisotopic (exact) mass is 308 g/mol. The standard InChI is InChI=1S/C12H9ClN4S2/c13-10-4-11-15-16-12(17(11)6-14-10)9-3-7-5-18-2-1-8(7)19-9/h3-4,6H,1-2,5H2. The molecule has 3 aromatic heterocycles. The molecule has 1 aliphatic rings. The molecule has 0 amide bonds. The number of aryl methyl sites for hydroxylation is 1. The minimum Gasteiger partial charge on any atom is -0.264 e. The van der Waals surface area contributed by atoms with Crippen LogP contribution in [-0.2, 0) is 12.2 Å². The molecule has 4 rings (SSSR count). The van der Waals surface area contributed by atoms with Crippen LogP contribution >= 0.6 is 34.7 Å². The summed E-state index contributed by atoms with van der Waals surface area (Å²) in [5.41, 5.74) is 2.17. The van der Waals surface area contributed by atoms with Crippen LogP contribution in [0.2, 0.25) is 5.15 Å². The predicted octanol–water partition coefficient (Wildman–Crippen LogP) is 3.30. The average Bonchev–Trinajstić information content (AvgIpc) is 3.00. The number of hydrogen-bond acceptors (Lipinski definition) is 5. The fraction of sp³-hybridized carbons (Fsp3) is 0.250. The normalized spacial score (nSPS) is 14.8. The van der Waals surface area contributed by atoms with Gasteiger partial charge in [0, 0.05) is 16.7 Å². The number of rotatable bonds is 1. The zero-order chi connectivity index (χ0) is 12.8. The highest BCUT2D eigenvalue weighted by molar-refractivity contribution is 7.98. The summed E-state index contributed by atoms with van der Waals surface area (Å²) < 4.78 is 1.89. The highest BCUT2D eigenvalue weighted by Crippen LogP contribution is 2.36. The van der Waals surface area contributed by atoms with Crippen LogP contribution in [0.3, 0.4) is 0 Å². The van der Waals surface area contributed by atoms with Gasteiger partial charge in [-0.05, 0) is 23.8 Å². The zero-order valence-electron chi connectivity index (χ0n) is 9.84. The molecule has 96 valence electrons. The quantitative estimate of drug-likeness (QED) is 0.647. The van der Waals surface area contributed by atoms with Crippen molar-refractivity contribution in [2.24, 2.45) is 0 Å². The highest BCUT2D eigenvalue weighted by atomic mass is 35.5. The number of nitrogens with zero attached hydrogens (tertiary/aromatic N) is 4. The zero-order valence-corrected chi connectivity index (χ0v) is 12.2. The van der Waals surface area contributed by atoms with Gasteiger partial charge in [-0.2, -0.15) is 11.8 Å². The van der Waals surface area contributed by atoms with Crippen molar-refractivity contribution in [3.63, 3.8) is 0 Å². The Hall–Kier alpha value is -1.11. The molecule has 0 saturated heterocycles. The maximum Gasteiger partial charge on any atom is 0.179 e. The van der Waals surface area contributed by atoms with Crippen molar-refractivity contribution >= 4 is 40.3 Å². The van der Waals surface area contributed by atoms with E-state index in [9.17, 15) is 0 Å². The number of thioether (sulfide) groups is 1. The van der Waals surface area contributed by atoms with Crippen LogP contribution in [0.5, 0.6) is 0 Å². The summed E-state index contributed by atoms with van der Waals surface area (Å²) in [5, 5.41) is 8.86. The second-order valence-corrected chi connectivity index (χ2v) is 6.95. The van der Waals surface area contributed by atoms with Crippen LogP contribution < -0.4 is 0 Å². The maximum absolute atomic E-state index is 5.86. The van der Waals surface area contributed by atoms with E-state index in [4.69, 9.17) is 11.6 Å². The number of hydrogen-bond donors (Lipinski definition) is 0. The van der Waals surface area contributed by atoms with E-state index in [2.05, 4.69) is 21.2 Å². The van der Waals surface area contributed by atoms with Gasteiger partial charge >= 0.3 is 0 Å². The van der Waals surface area contributed by atoms with Gasteiger partial charge in [0.15, 0.2) is 11.5 Å². The van der Waals surface area contributed by atoms with E-state index in [1.54, 1.807) is 12.4 Å². The van der Waals surface area contributed by atoms with Gasteiger partial charge in [0.05, 0.1) is 4.88 Å². The third kappa shape index (κ3) is 1.94. The minimum absolute atomic E-state index is 0.438. The van der Waals surface area contributed by atoms with Crippen molar-refractivity contribution in [2.75, 3.05) is 5.75 Å². The summed E-state index contributed by atoms with van der Waals surface area (Å²) in [6.45, 7) is 0. The molecular weight excluding hydrogens is 300 g/mol. The number of aromatic nitrogens is 4. The number of thiophene rings is 1. The third-order valence-electron chi connectivity index (χ3n) is 3.11. The van der Waals surface area contributed by atoms with E-state index in [1.807, 2.05) is 27.5 Å². The van der Waals surface area contributed by atoms with Crippen LogP contribution in [0.4, 0.5) is 0 Å². The van der Waals surface area contributed by atoms with Crippen LogP contribution in [-0.4, -0.2) is 25.3 Å². The third-order valence-corrected chi connectivity index (χ3v) is 5.56. The molecule has 4 heterocycles. The van der Waals surface area contributed by atoms with Crippen molar-refractivity contribution in [1.29, 1.82) is 0 Å². The van der Waals surface area contributed by atoms with E-state index in [0.29, 0.717) is 5.15 Å². The molecule has 0 atom stereocenters. The molecule has 0 spiro atoms. The van der Waals surface area contributed by atoms with Crippen molar-refractivity contribution in [3.05, 3.63) is 34.1 Å². The van der Waals surface area contributed by atoms with Crippen LogP contribution in [0.15, 0.2) is 18.5 Å². The van der Waals surface area contributed by atoms with Gasteiger partial charge in [-0.3, -0.25) is 4.40 Å². The van der Waals surface area contributed by atoms with Gasteiger partial charge in [-0.1, -0.05) is 11.6 Å². The van der Waals surface area contributed by atoms with Crippen molar-refractivity contribution in [2.45, 2.75) is 12.2 Å². The molecular formula is C12H9ClN4S2. The Bertz CT molecular complexity index is 741. The lowest BCUT2D eigenvalue weighted by atomic mass is 10.2. The Kier molecular flexibility index (Phi) is 2.75. The van der Waals surface area contributed by atoms with Gasteiger partial charge < -0.3 is 0 Å². The minimum atomic E-state index is 0.438. The van der Waals surface area contributed by atoms with Crippen molar-refractivity contribution in [1.82, 2.24) is 19.6 Å². The fourth-order valence-electron chi connectivity index (χ4n) is 2.20. The first-order valence-electron chi connectivity index (χ1n) is 5.87. The molecule has 4 nitrogen and oxygen atoms in total. The lowest BCUT2D eigenvalue weighted by Gasteiger charge is -2.08. The molecule has 0 saturated carbocycles. The molecule has 3 aromatic rings. The number of halogens is 1. The first kappa shape index (κ1) is 11.7. The van der Waals surface area contributed by atoms with E-state index in [-0.39, 0.29) is 0 Å². The molecule has 0 N–H and O–H groups in total. The molecule has 7 heteroatoms. The Balaban J connectivity index is 1.87. The highest BCUT2D eigenvalue weighted by Gasteiger charge is 2.17. The molecule has 0 unspecified atom stereocenters. The Labute approximate surface area is 122 Å². The Morgan fingerprint density at radius 3 is 3.11 bits per heavy atom. The van der Waals surface area contributed by atoms with E-state index < -0.39 is 0 Å². The van der Waals surface area contributed by atoms with Crippen LogP contribution in [0.25, 0.3) is 16.3 Å². The second kappa shape index (κ2) is 4.47. The molecule has 0 aromatic carbocycles. The SMILES string of the molecule is Clc1cc2nnc(-c3cc4c(s3)CCSC4)n2cn1. The predicted molar refractivity (Wildman–Crippen MR) is 79.0 cm³/mol. The van der Waals surface area contributed by atoms with E-state index in [1.165, 1.54) is 16.2 Å². The topological polar surface area (TPSA) is 43.1 Å².